The summed E-state index contributed by atoms with van der Waals surface area (Å²) in [6.07, 6.45) is 11.8. The number of hydrogen-bond acceptors (Lipinski definition) is 1. The van der Waals surface area contributed by atoms with Gasteiger partial charge in [0.1, 0.15) is 6.10 Å². The van der Waals surface area contributed by atoms with Crippen LogP contribution in [-0.2, 0) is 4.43 Å². The normalized spacial score (nSPS) is 18.6. The van der Waals surface area contributed by atoms with Gasteiger partial charge in [0, 0.05) is 5.92 Å². The molecule has 22 heavy (non-hydrogen) atoms. The van der Waals surface area contributed by atoms with E-state index in [9.17, 15) is 0 Å². The fourth-order valence-electron chi connectivity index (χ4n) is 2.73. The van der Waals surface area contributed by atoms with Gasteiger partial charge in [0.2, 0.25) is 0 Å². The quantitative estimate of drug-likeness (QED) is 0.306. The van der Waals surface area contributed by atoms with Crippen LogP contribution in [0.4, 0.5) is 0 Å². The fraction of sp³-hybridized carbons (Fsp3) is 0.900. The van der Waals surface area contributed by atoms with Gasteiger partial charge < -0.3 is 4.43 Å². The van der Waals surface area contributed by atoms with Crippen LogP contribution in [0, 0.1) is 17.8 Å². The minimum atomic E-state index is -1.72. The molecule has 0 N–H and O–H groups in total. The third-order valence-corrected chi connectivity index (χ3v) is 9.85. The summed E-state index contributed by atoms with van der Waals surface area (Å²) >= 11 is 0. The van der Waals surface area contributed by atoms with E-state index < -0.39 is 8.32 Å². The Hall–Kier alpha value is -0.263. The second kappa shape index (κ2) is 9.14. The molecule has 0 aliphatic heterocycles. The summed E-state index contributed by atoms with van der Waals surface area (Å²) in [5, 5.41) is 0.266. The van der Waals surface area contributed by atoms with Gasteiger partial charge in [-0.15, -0.1) is 0 Å². The molecule has 1 unspecified atom stereocenters. The molecular weight excluding hydrogens is 284 g/mol. The van der Waals surface area contributed by atoms with Crippen LogP contribution >= 0.6 is 0 Å². The summed E-state index contributed by atoms with van der Waals surface area (Å²) < 4.78 is 6.61. The van der Waals surface area contributed by atoms with E-state index in [2.05, 4.69) is 52.6 Å². The van der Waals surface area contributed by atoms with Crippen LogP contribution in [0.25, 0.3) is 0 Å². The summed E-state index contributed by atoms with van der Waals surface area (Å²) in [6.45, 7) is 13.9. The molecule has 0 bridgehead atoms. The largest absolute Gasteiger partial charge is 0.403 e. The predicted molar refractivity (Wildman–Crippen MR) is 101 cm³/mol. The molecule has 0 aromatic rings. The molecule has 0 heterocycles. The molecule has 2 heteroatoms. The summed E-state index contributed by atoms with van der Waals surface area (Å²) in [6, 6.07) is 0. The molecule has 1 aliphatic rings. The summed E-state index contributed by atoms with van der Waals surface area (Å²) in [7, 11) is -1.72. The summed E-state index contributed by atoms with van der Waals surface area (Å²) in [5.41, 5.74) is 0. The van der Waals surface area contributed by atoms with Crippen LogP contribution in [0.5, 0.6) is 0 Å². The van der Waals surface area contributed by atoms with Gasteiger partial charge in [-0.25, -0.2) is 0 Å². The van der Waals surface area contributed by atoms with Crippen LogP contribution in [-0.4, -0.2) is 14.4 Å². The Morgan fingerprint density at radius 1 is 1.09 bits per heavy atom. The molecule has 0 aromatic carbocycles. The molecule has 1 atom stereocenters. The van der Waals surface area contributed by atoms with Gasteiger partial charge in [-0.2, -0.15) is 0 Å². The maximum absolute atomic E-state index is 6.61. The van der Waals surface area contributed by atoms with Gasteiger partial charge >= 0.3 is 0 Å². The maximum atomic E-state index is 6.61. The fourth-order valence-corrected chi connectivity index (χ4v) is 3.97. The molecule has 1 fully saturated rings. The molecule has 0 radical (unpaired) electrons. The van der Waals surface area contributed by atoms with Crippen molar-refractivity contribution in [3.63, 3.8) is 0 Å². The van der Waals surface area contributed by atoms with E-state index in [-0.39, 0.29) is 11.1 Å². The van der Waals surface area contributed by atoms with Crippen molar-refractivity contribution in [2.45, 2.75) is 110 Å². The Kier molecular flexibility index (Phi) is 8.21. The minimum Gasteiger partial charge on any atom is -0.403 e. The minimum absolute atomic E-state index is 0.161. The second-order valence-corrected chi connectivity index (χ2v) is 13.2. The molecule has 0 saturated heterocycles. The second-order valence-electron chi connectivity index (χ2n) is 8.49. The Morgan fingerprint density at radius 2 is 1.73 bits per heavy atom. The highest BCUT2D eigenvalue weighted by Crippen LogP contribution is 2.37. The lowest BCUT2D eigenvalue weighted by Crippen LogP contribution is -2.43. The van der Waals surface area contributed by atoms with Crippen molar-refractivity contribution in [1.29, 1.82) is 0 Å². The SMILES string of the molecule is CCCCCC(C#CC1CCCCC1)O[Si](C)(C)C(C)(C)C. The van der Waals surface area contributed by atoms with Crippen molar-refractivity contribution in [2.24, 2.45) is 5.92 Å². The highest BCUT2D eigenvalue weighted by atomic mass is 28.4. The van der Waals surface area contributed by atoms with Gasteiger partial charge in [0.15, 0.2) is 8.32 Å². The van der Waals surface area contributed by atoms with Crippen LogP contribution in [0.15, 0.2) is 0 Å². The van der Waals surface area contributed by atoms with Crippen molar-refractivity contribution in [2.75, 3.05) is 0 Å². The number of unbranched alkanes of at least 4 members (excludes halogenated alkanes) is 2. The first-order chi connectivity index (χ1) is 10.3. The van der Waals surface area contributed by atoms with Crippen molar-refractivity contribution in [3.8, 4) is 11.8 Å². The Morgan fingerprint density at radius 3 is 2.27 bits per heavy atom. The third kappa shape index (κ3) is 6.88. The summed E-state index contributed by atoms with van der Waals surface area (Å²) in [4.78, 5) is 0. The van der Waals surface area contributed by atoms with E-state index in [1.807, 2.05) is 0 Å². The molecule has 1 aliphatic carbocycles. The predicted octanol–water partition coefficient (Wildman–Crippen LogP) is 6.54. The van der Waals surface area contributed by atoms with Gasteiger partial charge in [-0.3, -0.25) is 0 Å². The van der Waals surface area contributed by atoms with Gasteiger partial charge in [0.25, 0.3) is 0 Å². The van der Waals surface area contributed by atoms with Crippen molar-refractivity contribution in [1.82, 2.24) is 0 Å². The van der Waals surface area contributed by atoms with E-state index in [0.717, 1.165) is 6.42 Å². The zero-order valence-electron chi connectivity index (χ0n) is 15.9. The smallest absolute Gasteiger partial charge is 0.193 e. The van der Waals surface area contributed by atoms with E-state index >= 15 is 0 Å². The zero-order chi connectivity index (χ0) is 16.6. The number of hydrogen-bond donors (Lipinski definition) is 0. The average Bonchev–Trinajstić information content (AvgIpc) is 2.44. The van der Waals surface area contributed by atoms with Crippen LogP contribution in [0.2, 0.25) is 18.1 Å². The lowest BCUT2D eigenvalue weighted by atomic mass is 9.89. The topological polar surface area (TPSA) is 9.23 Å². The Balaban J connectivity index is 2.68. The lowest BCUT2D eigenvalue weighted by Gasteiger charge is -2.38. The maximum Gasteiger partial charge on any atom is 0.193 e. The Labute approximate surface area is 140 Å². The van der Waals surface area contributed by atoms with Crippen LogP contribution in [0.3, 0.4) is 0 Å². The molecule has 1 nitrogen and oxygen atoms in total. The molecular formula is C20H38OSi. The van der Waals surface area contributed by atoms with Gasteiger partial charge in [-0.1, -0.05) is 71.6 Å². The van der Waals surface area contributed by atoms with Crippen LogP contribution < -0.4 is 0 Å². The van der Waals surface area contributed by atoms with Gasteiger partial charge in [-0.05, 0) is 43.8 Å². The first kappa shape index (κ1) is 19.8. The zero-order valence-corrected chi connectivity index (χ0v) is 16.9. The molecule has 0 amide bonds. The summed E-state index contributed by atoms with van der Waals surface area (Å²) in [5.74, 6) is 7.74. The Bertz CT molecular complexity index is 363. The van der Waals surface area contributed by atoms with Crippen molar-refractivity contribution in [3.05, 3.63) is 0 Å². The molecule has 0 aromatic heterocycles. The van der Waals surface area contributed by atoms with E-state index in [0.29, 0.717) is 5.92 Å². The first-order valence-electron chi connectivity index (χ1n) is 9.45. The highest BCUT2D eigenvalue weighted by Gasteiger charge is 2.38. The van der Waals surface area contributed by atoms with Crippen LogP contribution in [0.1, 0.15) is 85.5 Å². The molecule has 0 spiro atoms. The van der Waals surface area contributed by atoms with E-state index in [1.54, 1.807) is 0 Å². The molecule has 1 rings (SSSR count). The van der Waals surface area contributed by atoms with E-state index in [4.69, 9.17) is 4.43 Å². The highest BCUT2D eigenvalue weighted by molar-refractivity contribution is 6.74. The average molecular weight is 323 g/mol. The van der Waals surface area contributed by atoms with Gasteiger partial charge in [0.05, 0.1) is 0 Å². The number of rotatable bonds is 6. The van der Waals surface area contributed by atoms with Crippen molar-refractivity contribution < 1.29 is 4.43 Å². The molecule has 128 valence electrons. The first-order valence-corrected chi connectivity index (χ1v) is 12.4. The third-order valence-electron chi connectivity index (χ3n) is 5.37. The van der Waals surface area contributed by atoms with Crippen molar-refractivity contribution >= 4 is 8.32 Å². The molecule has 1 saturated carbocycles. The van der Waals surface area contributed by atoms with E-state index in [1.165, 1.54) is 51.4 Å². The standard InChI is InChI=1S/C20H38OSi/c1-7-8-10-15-19(21-22(5,6)20(2,3)4)17-16-18-13-11-9-12-14-18/h18-19H,7-15H2,1-6H3. The monoisotopic (exact) mass is 322 g/mol. The lowest BCUT2D eigenvalue weighted by molar-refractivity contribution is 0.219.